The zero-order chi connectivity index (χ0) is 20.2. The van der Waals surface area contributed by atoms with Crippen molar-refractivity contribution in [1.82, 2.24) is 19.9 Å². The van der Waals surface area contributed by atoms with Crippen LogP contribution in [0.4, 0.5) is 17.7 Å². The Bertz CT molecular complexity index is 974. The minimum atomic E-state index is 0.286. The van der Waals surface area contributed by atoms with Crippen LogP contribution >= 0.6 is 0 Å². The van der Waals surface area contributed by atoms with Crippen LogP contribution in [0.3, 0.4) is 0 Å². The molecule has 1 atom stereocenters. The van der Waals surface area contributed by atoms with Crippen LogP contribution in [0.2, 0.25) is 0 Å². The number of nitrogens with two attached hydrogens (primary N) is 1. The standard InChI is InChI=1S/C22H27N7/c1-15-6-3-8-18(16(15)2)19-12-20(28-21(23)27-19)26-13-17-7-4-11-29(14-17)22-24-9-5-10-25-22/h3,5-6,8-10,12,17H,4,7,11,13-14H2,1-2H3,(H3,23,26,27,28). The fourth-order valence-electron chi connectivity index (χ4n) is 3.84. The van der Waals surface area contributed by atoms with Gasteiger partial charge in [-0.25, -0.2) is 15.0 Å². The van der Waals surface area contributed by atoms with E-state index in [0.717, 1.165) is 49.1 Å². The molecule has 0 aliphatic carbocycles. The van der Waals surface area contributed by atoms with Crippen LogP contribution in [0.1, 0.15) is 24.0 Å². The van der Waals surface area contributed by atoms with E-state index in [4.69, 9.17) is 5.73 Å². The second kappa shape index (κ2) is 8.43. The summed E-state index contributed by atoms with van der Waals surface area (Å²) in [5.41, 5.74) is 10.4. The maximum absolute atomic E-state index is 6.00. The van der Waals surface area contributed by atoms with Crippen molar-refractivity contribution in [3.63, 3.8) is 0 Å². The molecule has 150 valence electrons. The van der Waals surface area contributed by atoms with Crippen molar-refractivity contribution in [2.45, 2.75) is 26.7 Å². The Morgan fingerprint density at radius 1 is 1.14 bits per heavy atom. The van der Waals surface area contributed by atoms with Crippen LogP contribution in [0.5, 0.6) is 0 Å². The second-order valence-corrected chi connectivity index (χ2v) is 7.63. The van der Waals surface area contributed by atoms with Gasteiger partial charge in [-0.15, -0.1) is 0 Å². The van der Waals surface area contributed by atoms with Gasteiger partial charge in [0.05, 0.1) is 5.69 Å². The molecule has 0 amide bonds. The molecule has 1 fully saturated rings. The van der Waals surface area contributed by atoms with Crippen molar-refractivity contribution in [1.29, 1.82) is 0 Å². The quantitative estimate of drug-likeness (QED) is 0.690. The number of anilines is 3. The van der Waals surface area contributed by atoms with Crippen molar-refractivity contribution in [2.75, 3.05) is 35.6 Å². The molecule has 7 nitrogen and oxygen atoms in total. The Labute approximate surface area is 171 Å². The predicted octanol–water partition coefficient (Wildman–Crippen LogP) is 3.46. The fourth-order valence-corrected chi connectivity index (χ4v) is 3.84. The minimum Gasteiger partial charge on any atom is -0.370 e. The lowest BCUT2D eigenvalue weighted by Gasteiger charge is -2.32. The monoisotopic (exact) mass is 389 g/mol. The van der Waals surface area contributed by atoms with E-state index in [-0.39, 0.29) is 5.95 Å². The van der Waals surface area contributed by atoms with Gasteiger partial charge in [-0.3, -0.25) is 0 Å². The number of benzene rings is 1. The molecule has 0 spiro atoms. The molecule has 4 rings (SSSR count). The Balaban J connectivity index is 1.46. The Morgan fingerprint density at radius 2 is 1.97 bits per heavy atom. The van der Waals surface area contributed by atoms with E-state index in [1.165, 1.54) is 17.5 Å². The van der Waals surface area contributed by atoms with Gasteiger partial charge in [0.2, 0.25) is 11.9 Å². The summed E-state index contributed by atoms with van der Waals surface area (Å²) < 4.78 is 0. The van der Waals surface area contributed by atoms with Crippen molar-refractivity contribution in [3.8, 4) is 11.3 Å². The lowest BCUT2D eigenvalue weighted by Crippen LogP contribution is -2.39. The van der Waals surface area contributed by atoms with Gasteiger partial charge in [0.25, 0.3) is 0 Å². The van der Waals surface area contributed by atoms with Crippen LogP contribution in [-0.4, -0.2) is 39.6 Å². The third kappa shape index (κ3) is 4.45. The van der Waals surface area contributed by atoms with Crippen LogP contribution in [-0.2, 0) is 0 Å². The van der Waals surface area contributed by atoms with E-state index in [1.807, 2.05) is 18.2 Å². The van der Waals surface area contributed by atoms with E-state index < -0.39 is 0 Å². The van der Waals surface area contributed by atoms with Crippen molar-refractivity contribution in [2.24, 2.45) is 5.92 Å². The number of hydrogen-bond donors (Lipinski definition) is 2. The van der Waals surface area contributed by atoms with Gasteiger partial charge in [0.15, 0.2) is 0 Å². The second-order valence-electron chi connectivity index (χ2n) is 7.63. The average Bonchev–Trinajstić information content (AvgIpc) is 2.75. The highest BCUT2D eigenvalue weighted by atomic mass is 15.3. The lowest BCUT2D eigenvalue weighted by molar-refractivity contribution is 0.427. The predicted molar refractivity (Wildman–Crippen MR) is 117 cm³/mol. The Hall–Kier alpha value is -3.22. The molecular weight excluding hydrogens is 362 g/mol. The summed E-state index contributed by atoms with van der Waals surface area (Å²) in [5, 5.41) is 3.47. The average molecular weight is 390 g/mol. The number of nitrogens with zero attached hydrogens (tertiary/aromatic N) is 5. The topological polar surface area (TPSA) is 92.8 Å². The lowest BCUT2D eigenvalue weighted by atomic mass is 9.98. The molecule has 1 aliphatic rings. The summed E-state index contributed by atoms with van der Waals surface area (Å²) in [4.78, 5) is 19.9. The van der Waals surface area contributed by atoms with Crippen LogP contribution in [0.25, 0.3) is 11.3 Å². The first-order chi connectivity index (χ1) is 14.1. The first kappa shape index (κ1) is 19.1. The van der Waals surface area contributed by atoms with E-state index in [1.54, 1.807) is 12.4 Å². The third-order valence-corrected chi connectivity index (χ3v) is 5.55. The molecule has 1 saturated heterocycles. The van der Waals surface area contributed by atoms with E-state index >= 15 is 0 Å². The minimum absolute atomic E-state index is 0.286. The maximum atomic E-state index is 6.00. The summed E-state index contributed by atoms with van der Waals surface area (Å²) in [6, 6.07) is 10.1. The highest BCUT2D eigenvalue weighted by Gasteiger charge is 2.21. The first-order valence-electron chi connectivity index (χ1n) is 10.1. The van der Waals surface area contributed by atoms with Gasteiger partial charge >= 0.3 is 0 Å². The summed E-state index contributed by atoms with van der Waals surface area (Å²) in [5.74, 6) is 2.35. The molecule has 29 heavy (non-hydrogen) atoms. The zero-order valence-electron chi connectivity index (χ0n) is 17.0. The van der Waals surface area contributed by atoms with Gasteiger partial charge in [0.1, 0.15) is 5.82 Å². The SMILES string of the molecule is Cc1cccc(-c2cc(NCC3CCCN(c4ncccn4)C3)nc(N)n2)c1C. The van der Waals surface area contributed by atoms with Crippen LogP contribution < -0.4 is 16.0 Å². The number of piperidine rings is 1. The Morgan fingerprint density at radius 3 is 2.79 bits per heavy atom. The molecule has 0 bridgehead atoms. The number of rotatable bonds is 5. The number of hydrogen-bond acceptors (Lipinski definition) is 7. The fraction of sp³-hybridized carbons (Fsp3) is 0.364. The van der Waals surface area contributed by atoms with Crippen LogP contribution in [0, 0.1) is 19.8 Å². The maximum Gasteiger partial charge on any atom is 0.225 e. The van der Waals surface area contributed by atoms with E-state index in [9.17, 15) is 0 Å². The molecule has 2 aromatic heterocycles. The van der Waals surface area contributed by atoms with Gasteiger partial charge in [0, 0.05) is 43.7 Å². The molecule has 3 N–H and O–H groups in total. The smallest absolute Gasteiger partial charge is 0.225 e. The number of aromatic nitrogens is 4. The molecule has 3 heterocycles. The molecule has 0 saturated carbocycles. The van der Waals surface area contributed by atoms with Gasteiger partial charge in [-0.1, -0.05) is 18.2 Å². The highest BCUT2D eigenvalue weighted by Crippen LogP contribution is 2.26. The molecular formula is C22H27N7. The van der Waals surface area contributed by atoms with Gasteiger partial charge in [-0.2, -0.15) is 4.98 Å². The number of aryl methyl sites for hydroxylation is 1. The molecule has 7 heteroatoms. The van der Waals surface area contributed by atoms with E-state index in [2.05, 4.69) is 56.1 Å². The van der Waals surface area contributed by atoms with E-state index in [0.29, 0.717) is 5.92 Å². The molecule has 0 radical (unpaired) electrons. The molecule has 1 aliphatic heterocycles. The molecule has 3 aromatic rings. The summed E-state index contributed by atoms with van der Waals surface area (Å²) >= 11 is 0. The summed E-state index contributed by atoms with van der Waals surface area (Å²) in [7, 11) is 0. The Kier molecular flexibility index (Phi) is 5.55. The zero-order valence-corrected chi connectivity index (χ0v) is 17.0. The van der Waals surface area contributed by atoms with Crippen molar-refractivity contribution >= 4 is 17.7 Å². The number of nitrogen functional groups attached to an aromatic ring is 1. The van der Waals surface area contributed by atoms with Crippen molar-refractivity contribution in [3.05, 3.63) is 53.9 Å². The third-order valence-electron chi connectivity index (χ3n) is 5.55. The highest BCUT2D eigenvalue weighted by molar-refractivity contribution is 5.68. The van der Waals surface area contributed by atoms with Crippen LogP contribution in [0.15, 0.2) is 42.7 Å². The molecule has 1 aromatic carbocycles. The number of nitrogens with one attached hydrogen (secondary N) is 1. The first-order valence-corrected chi connectivity index (χ1v) is 10.1. The largest absolute Gasteiger partial charge is 0.370 e. The summed E-state index contributed by atoms with van der Waals surface area (Å²) in [6.07, 6.45) is 5.89. The normalized spacial score (nSPS) is 16.6. The van der Waals surface area contributed by atoms with Crippen molar-refractivity contribution < 1.29 is 0 Å². The van der Waals surface area contributed by atoms with Gasteiger partial charge in [-0.05, 0) is 49.8 Å². The molecule has 1 unspecified atom stereocenters. The van der Waals surface area contributed by atoms with Gasteiger partial charge < -0.3 is 16.0 Å². The summed E-state index contributed by atoms with van der Waals surface area (Å²) in [6.45, 7) is 6.97.